The number of unbranched alkanes of at least 4 members (excludes halogenated alkanes) is 1. The van der Waals surface area contributed by atoms with Gasteiger partial charge < -0.3 is 5.73 Å². The maximum atomic E-state index is 11.9. The number of hydrogen-bond donors (Lipinski definition) is 1. The van der Waals surface area contributed by atoms with E-state index >= 15 is 0 Å². The fourth-order valence-corrected chi connectivity index (χ4v) is 1.23. The molecule has 0 aromatic carbocycles. The predicted octanol–water partition coefficient (Wildman–Crippen LogP) is 0.919. The van der Waals surface area contributed by atoms with Gasteiger partial charge in [0.25, 0.3) is 0 Å². The van der Waals surface area contributed by atoms with Gasteiger partial charge in [0.2, 0.25) is 0 Å². The number of aromatic nitrogens is 3. The van der Waals surface area contributed by atoms with Gasteiger partial charge in [0.15, 0.2) is 0 Å². The first-order valence-corrected chi connectivity index (χ1v) is 5.02. The summed E-state index contributed by atoms with van der Waals surface area (Å²) in [5, 5.41) is 7.89. The third kappa shape index (κ3) is 3.83. The van der Waals surface area contributed by atoms with Crippen LogP contribution in [0.15, 0.2) is 6.20 Å². The molecule has 0 aliphatic carbocycles. The van der Waals surface area contributed by atoms with Gasteiger partial charge in [-0.05, 0) is 32.2 Å². The smallest absolute Gasteiger partial charge is 0.0912 e. The average Bonchev–Trinajstić information content (AvgIpc) is 2.63. The van der Waals surface area contributed by atoms with Crippen molar-refractivity contribution in [3.05, 3.63) is 11.9 Å². The van der Waals surface area contributed by atoms with Gasteiger partial charge in [0, 0.05) is 12.7 Å². The highest BCUT2D eigenvalue weighted by molar-refractivity contribution is 4.92. The summed E-state index contributed by atoms with van der Waals surface area (Å²) < 4.78 is 13.6. The van der Waals surface area contributed by atoms with Crippen molar-refractivity contribution >= 4 is 0 Å². The minimum absolute atomic E-state index is 0.303. The molecule has 1 aromatic rings. The van der Waals surface area contributed by atoms with Crippen molar-refractivity contribution in [1.29, 1.82) is 0 Å². The highest BCUT2D eigenvalue weighted by Gasteiger charge is 1.99. The molecular weight excluding hydrogens is 183 g/mol. The maximum absolute atomic E-state index is 11.9. The van der Waals surface area contributed by atoms with E-state index in [0.717, 1.165) is 31.5 Å². The predicted molar refractivity (Wildman–Crippen MR) is 52.6 cm³/mol. The number of hydrogen-bond acceptors (Lipinski definition) is 3. The summed E-state index contributed by atoms with van der Waals surface area (Å²) in [6, 6.07) is 0. The molecule has 1 heterocycles. The van der Waals surface area contributed by atoms with E-state index in [-0.39, 0.29) is 6.67 Å². The summed E-state index contributed by atoms with van der Waals surface area (Å²) in [6.45, 7) is 1.03. The van der Waals surface area contributed by atoms with Crippen molar-refractivity contribution in [2.75, 3.05) is 13.2 Å². The van der Waals surface area contributed by atoms with Gasteiger partial charge in [-0.25, -0.2) is 0 Å². The van der Waals surface area contributed by atoms with Crippen LogP contribution in [0.4, 0.5) is 4.39 Å². The van der Waals surface area contributed by atoms with Crippen LogP contribution in [-0.2, 0) is 13.0 Å². The van der Waals surface area contributed by atoms with Crippen LogP contribution < -0.4 is 5.73 Å². The Morgan fingerprint density at radius 2 is 2.21 bits per heavy atom. The zero-order valence-corrected chi connectivity index (χ0v) is 8.32. The molecule has 4 nitrogen and oxygen atoms in total. The van der Waals surface area contributed by atoms with E-state index in [4.69, 9.17) is 5.73 Å². The molecule has 0 aliphatic heterocycles. The normalized spacial score (nSPS) is 10.7. The van der Waals surface area contributed by atoms with Gasteiger partial charge in [0.05, 0.1) is 12.4 Å². The van der Waals surface area contributed by atoms with Crippen LogP contribution in [0.2, 0.25) is 0 Å². The molecule has 80 valence electrons. The lowest BCUT2D eigenvalue weighted by atomic mass is 10.2. The van der Waals surface area contributed by atoms with Gasteiger partial charge in [-0.1, -0.05) is 5.21 Å². The monoisotopic (exact) mass is 200 g/mol. The molecule has 0 amide bonds. The van der Waals surface area contributed by atoms with E-state index < -0.39 is 0 Å². The van der Waals surface area contributed by atoms with E-state index in [1.165, 1.54) is 0 Å². The van der Waals surface area contributed by atoms with Crippen LogP contribution in [0.1, 0.15) is 25.0 Å². The van der Waals surface area contributed by atoms with Crippen molar-refractivity contribution in [2.24, 2.45) is 5.73 Å². The van der Waals surface area contributed by atoms with Gasteiger partial charge in [-0.15, -0.1) is 5.10 Å². The topological polar surface area (TPSA) is 56.7 Å². The second-order valence-corrected chi connectivity index (χ2v) is 3.26. The largest absolute Gasteiger partial charge is 0.330 e. The number of alkyl halides is 1. The zero-order chi connectivity index (χ0) is 10.2. The van der Waals surface area contributed by atoms with E-state index in [0.29, 0.717) is 13.0 Å². The van der Waals surface area contributed by atoms with Crippen LogP contribution in [0, 0.1) is 0 Å². The molecule has 0 unspecified atom stereocenters. The highest BCUT2D eigenvalue weighted by atomic mass is 19.1. The number of nitrogens with zero attached hydrogens (tertiary/aromatic N) is 3. The highest BCUT2D eigenvalue weighted by Crippen LogP contribution is 2.00. The molecule has 1 rings (SSSR count). The molecule has 0 fully saturated rings. The Morgan fingerprint density at radius 1 is 1.36 bits per heavy atom. The van der Waals surface area contributed by atoms with Crippen LogP contribution in [0.5, 0.6) is 0 Å². The minimum atomic E-state index is -0.303. The number of halogens is 1. The summed E-state index contributed by atoms with van der Waals surface area (Å²) in [4.78, 5) is 0. The van der Waals surface area contributed by atoms with E-state index in [1.54, 1.807) is 4.68 Å². The summed E-state index contributed by atoms with van der Waals surface area (Å²) in [5.41, 5.74) is 6.35. The van der Waals surface area contributed by atoms with Gasteiger partial charge >= 0.3 is 0 Å². The first-order chi connectivity index (χ1) is 6.86. The molecule has 0 spiro atoms. The number of aryl methyl sites for hydroxylation is 2. The lowest BCUT2D eigenvalue weighted by molar-refractivity contribution is 0.431. The van der Waals surface area contributed by atoms with Crippen molar-refractivity contribution < 1.29 is 4.39 Å². The van der Waals surface area contributed by atoms with Gasteiger partial charge in [0.1, 0.15) is 0 Å². The molecule has 14 heavy (non-hydrogen) atoms. The zero-order valence-electron chi connectivity index (χ0n) is 8.32. The van der Waals surface area contributed by atoms with Crippen molar-refractivity contribution in [2.45, 2.75) is 32.2 Å². The quantitative estimate of drug-likeness (QED) is 0.666. The number of rotatable bonds is 7. The molecule has 0 saturated carbocycles. The molecule has 0 bridgehead atoms. The Balaban J connectivity index is 2.27. The molecular formula is C9H17FN4. The molecule has 2 N–H and O–H groups in total. The lowest BCUT2D eigenvalue weighted by Crippen LogP contribution is -1.99. The summed E-state index contributed by atoms with van der Waals surface area (Å²) >= 11 is 0. The molecule has 0 radical (unpaired) electrons. The Bertz CT molecular complexity index is 249. The molecule has 1 aromatic heterocycles. The van der Waals surface area contributed by atoms with Gasteiger partial charge in [-0.2, -0.15) is 0 Å². The van der Waals surface area contributed by atoms with E-state index in [1.807, 2.05) is 6.20 Å². The molecule has 0 atom stereocenters. The van der Waals surface area contributed by atoms with Gasteiger partial charge in [-0.3, -0.25) is 9.07 Å². The fraction of sp³-hybridized carbons (Fsp3) is 0.778. The summed E-state index contributed by atoms with van der Waals surface area (Å²) in [5.74, 6) is 0. The average molecular weight is 200 g/mol. The first kappa shape index (κ1) is 11.1. The Hall–Kier alpha value is -0.970. The minimum Gasteiger partial charge on any atom is -0.330 e. The molecule has 0 aliphatic rings. The van der Waals surface area contributed by atoms with Crippen LogP contribution in [0.3, 0.4) is 0 Å². The third-order valence-corrected chi connectivity index (χ3v) is 1.99. The maximum Gasteiger partial charge on any atom is 0.0912 e. The fourth-order valence-electron chi connectivity index (χ4n) is 1.23. The first-order valence-electron chi connectivity index (χ1n) is 5.02. The Labute approximate surface area is 83.3 Å². The van der Waals surface area contributed by atoms with Crippen molar-refractivity contribution in [3.63, 3.8) is 0 Å². The summed E-state index contributed by atoms with van der Waals surface area (Å²) in [6.07, 6.45) is 5.35. The Kier molecular flexibility index (Phi) is 5.14. The van der Waals surface area contributed by atoms with Crippen molar-refractivity contribution in [3.8, 4) is 0 Å². The second kappa shape index (κ2) is 6.48. The Morgan fingerprint density at radius 3 is 2.93 bits per heavy atom. The van der Waals surface area contributed by atoms with Crippen molar-refractivity contribution in [1.82, 2.24) is 15.0 Å². The molecule has 0 saturated heterocycles. The second-order valence-electron chi connectivity index (χ2n) is 3.26. The van der Waals surface area contributed by atoms with Crippen LogP contribution in [0.25, 0.3) is 0 Å². The van der Waals surface area contributed by atoms with E-state index in [2.05, 4.69) is 10.3 Å². The summed E-state index contributed by atoms with van der Waals surface area (Å²) in [7, 11) is 0. The molecule has 5 heteroatoms. The van der Waals surface area contributed by atoms with E-state index in [9.17, 15) is 4.39 Å². The standard InChI is InChI=1S/C9H17FN4/c10-5-3-7-14-8-9(12-13-14)4-1-2-6-11/h8H,1-7,11H2. The van der Waals surface area contributed by atoms with Crippen LogP contribution in [-0.4, -0.2) is 28.2 Å². The number of nitrogens with two attached hydrogens (primary N) is 1. The SMILES string of the molecule is NCCCCc1cn(CCCF)nn1. The third-order valence-electron chi connectivity index (χ3n) is 1.99. The van der Waals surface area contributed by atoms with Crippen LogP contribution >= 0.6 is 0 Å². The lowest BCUT2D eigenvalue weighted by Gasteiger charge is -1.95.